The monoisotopic (exact) mass is 406 g/mol. The molecule has 1 aliphatic heterocycles. The first-order valence-electron chi connectivity index (χ1n) is 9.46. The normalized spacial score (nSPS) is 27.1. The second-order valence-electron chi connectivity index (χ2n) is 9.39. The number of rotatable bonds is 2. The molecule has 0 saturated heterocycles. The van der Waals surface area contributed by atoms with Crippen molar-refractivity contribution in [3.63, 3.8) is 0 Å². The van der Waals surface area contributed by atoms with Crippen LogP contribution in [0.25, 0.3) is 0 Å². The van der Waals surface area contributed by atoms with E-state index in [1.165, 1.54) is 0 Å². The molecule has 1 aliphatic carbocycles. The van der Waals surface area contributed by atoms with Crippen molar-refractivity contribution in [2.75, 3.05) is 14.2 Å². The smallest absolute Gasteiger partial charge is 0.395 e. The van der Waals surface area contributed by atoms with Crippen LogP contribution in [0.2, 0.25) is 0 Å². The Bertz CT molecular complexity index is 815. The van der Waals surface area contributed by atoms with Gasteiger partial charge in [0.25, 0.3) is 0 Å². The van der Waals surface area contributed by atoms with Crippen LogP contribution in [-0.4, -0.2) is 25.2 Å². The fourth-order valence-corrected chi connectivity index (χ4v) is 4.92. The molecule has 3 rings (SSSR count). The van der Waals surface area contributed by atoms with Crippen molar-refractivity contribution in [2.45, 2.75) is 58.5 Å². The SMILES string of the molecule is COC1=CC2(C(C)(C)C)c3cc(OC)cc(C(C)(C)C)c3OP(O)OC2C=C1. The van der Waals surface area contributed by atoms with Crippen LogP contribution in [0.3, 0.4) is 0 Å². The van der Waals surface area contributed by atoms with Crippen molar-refractivity contribution in [1.29, 1.82) is 0 Å². The quantitative estimate of drug-likeness (QED) is 0.669. The summed E-state index contributed by atoms with van der Waals surface area (Å²) >= 11 is 0. The molecule has 28 heavy (non-hydrogen) atoms. The van der Waals surface area contributed by atoms with E-state index in [-0.39, 0.29) is 10.8 Å². The Morgan fingerprint density at radius 3 is 2.29 bits per heavy atom. The van der Waals surface area contributed by atoms with Gasteiger partial charge in [0.2, 0.25) is 0 Å². The number of benzene rings is 1. The number of ether oxygens (including phenoxy) is 2. The Labute approximate surface area is 169 Å². The molecule has 0 aromatic heterocycles. The lowest BCUT2D eigenvalue weighted by Crippen LogP contribution is -2.49. The molecule has 3 unspecified atom stereocenters. The molecule has 0 saturated carbocycles. The maximum Gasteiger partial charge on any atom is 0.395 e. The average Bonchev–Trinajstić information content (AvgIpc) is 2.72. The van der Waals surface area contributed by atoms with Crippen molar-refractivity contribution in [2.24, 2.45) is 5.41 Å². The molecular formula is C22H31O5P. The van der Waals surface area contributed by atoms with Gasteiger partial charge in [-0.05, 0) is 35.1 Å². The molecule has 1 aromatic carbocycles. The summed E-state index contributed by atoms with van der Waals surface area (Å²) in [6.07, 6.45) is 5.53. The minimum absolute atomic E-state index is 0.216. The van der Waals surface area contributed by atoms with Gasteiger partial charge in [0.05, 0.1) is 19.6 Å². The van der Waals surface area contributed by atoms with Gasteiger partial charge in [-0.25, -0.2) is 0 Å². The van der Waals surface area contributed by atoms with Crippen LogP contribution >= 0.6 is 8.60 Å². The minimum Gasteiger partial charge on any atom is -0.497 e. The van der Waals surface area contributed by atoms with Crippen molar-refractivity contribution in [3.8, 4) is 11.5 Å². The fourth-order valence-electron chi connectivity index (χ4n) is 4.09. The molecule has 2 aliphatic rings. The molecule has 3 atom stereocenters. The van der Waals surface area contributed by atoms with Crippen LogP contribution in [0.4, 0.5) is 0 Å². The van der Waals surface area contributed by atoms with E-state index in [9.17, 15) is 4.89 Å². The average molecular weight is 406 g/mol. The summed E-state index contributed by atoms with van der Waals surface area (Å²) in [6, 6.07) is 3.99. The number of fused-ring (bicyclic) bond motifs is 3. The molecule has 0 fully saturated rings. The van der Waals surface area contributed by atoms with Crippen molar-refractivity contribution < 1.29 is 23.4 Å². The molecule has 6 heteroatoms. The first kappa shape index (κ1) is 21.2. The number of allylic oxidation sites excluding steroid dienone is 1. The predicted octanol–water partition coefficient (Wildman–Crippen LogP) is 5.37. The van der Waals surface area contributed by atoms with Crippen molar-refractivity contribution in [1.82, 2.24) is 0 Å². The summed E-state index contributed by atoms with van der Waals surface area (Å²) < 4.78 is 23.3. The summed E-state index contributed by atoms with van der Waals surface area (Å²) in [5.41, 5.74) is 0.806. The Balaban J connectivity index is 2.45. The maximum absolute atomic E-state index is 10.6. The molecule has 0 bridgehead atoms. The highest BCUT2D eigenvalue weighted by atomic mass is 31.2. The van der Waals surface area contributed by atoms with E-state index in [2.05, 4.69) is 47.6 Å². The van der Waals surface area contributed by atoms with Crippen molar-refractivity contribution in [3.05, 3.63) is 47.2 Å². The zero-order valence-electron chi connectivity index (χ0n) is 18.0. The largest absolute Gasteiger partial charge is 0.497 e. The van der Waals surface area contributed by atoms with Crippen LogP contribution < -0.4 is 9.26 Å². The second kappa shape index (κ2) is 7.05. The Kier molecular flexibility index (Phi) is 5.33. The van der Waals surface area contributed by atoms with E-state index in [0.29, 0.717) is 5.75 Å². The number of hydrogen-bond donors (Lipinski definition) is 1. The molecular weight excluding hydrogens is 375 g/mol. The van der Waals surface area contributed by atoms with E-state index < -0.39 is 20.1 Å². The van der Waals surface area contributed by atoms with Gasteiger partial charge in [-0.1, -0.05) is 47.6 Å². The molecule has 0 amide bonds. The minimum atomic E-state index is -2.09. The highest BCUT2D eigenvalue weighted by molar-refractivity contribution is 7.41. The van der Waals surface area contributed by atoms with Gasteiger partial charge < -0.3 is 18.9 Å². The lowest BCUT2D eigenvalue weighted by atomic mass is 9.57. The summed E-state index contributed by atoms with van der Waals surface area (Å²) in [7, 11) is 1.24. The van der Waals surface area contributed by atoms with Crippen LogP contribution in [0.1, 0.15) is 52.7 Å². The predicted molar refractivity (Wildman–Crippen MR) is 112 cm³/mol. The second-order valence-corrected chi connectivity index (χ2v) is 10.3. The maximum atomic E-state index is 10.6. The highest BCUT2D eigenvalue weighted by Crippen LogP contribution is 2.60. The van der Waals surface area contributed by atoms with Gasteiger partial charge in [0.1, 0.15) is 23.4 Å². The van der Waals surface area contributed by atoms with Gasteiger partial charge in [-0.15, -0.1) is 0 Å². The zero-order chi connectivity index (χ0) is 20.9. The summed E-state index contributed by atoms with van der Waals surface area (Å²) in [6.45, 7) is 12.9. The van der Waals surface area contributed by atoms with E-state index in [1.807, 2.05) is 24.3 Å². The Morgan fingerprint density at radius 1 is 1.07 bits per heavy atom. The third-order valence-corrected chi connectivity index (χ3v) is 6.40. The number of methoxy groups -OCH3 is 2. The van der Waals surface area contributed by atoms with Crippen LogP contribution in [-0.2, 0) is 20.1 Å². The van der Waals surface area contributed by atoms with Gasteiger partial charge in [0.15, 0.2) is 0 Å². The molecule has 0 spiro atoms. The van der Waals surface area contributed by atoms with Crippen molar-refractivity contribution >= 4 is 8.60 Å². The van der Waals surface area contributed by atoms with Gasteiger partial charge in [0, 0.05) is 11.1 Å². The van der Waals surface area contributed by atoms with E-state index in [0.717, 1.165) is 22.6 Å². The van der Waals surface area contributed by atoms with Crippen LogP contribution in [0, 0.1) is 5.41 Å². The van der Waals surface area contributed by atoms with Gasteiger partial charge >= 0.3 is 8.60 Å². The first-order chi connectivity index (χ1) is 12.9. The topological polar surface area (TPSA) is 57.2 Å². The highest BCUT2D eigenvalue weighted by Gasteiger charge is 2.54. The van der Waals surface area contributed by atoms with E-state index in [4.69, 9.17) is 18.5 Å². The molecule has 1 N–H and O–H groups in total. The van der Waals surface area contributed by atoms with E-state index >= 15 is 0 Å². The third kappa shape index (κ3) is 3.34. The molecule has 154 valence electrons. The molecule has 0 radical (unpaired) electrons. The summed E-state index contributed by atoms with van der Waals surface area (Å²) in [4.78, 5) is 10.6. The summed E-state index contributed by atoms with van der Waals surface area (Å²) in [5, 5.41) is 0. The van der Waals surface area contributed by atoms with Crippen LogP contribution in [0.15, 0.2) is 36.1 Å². The lowest BCUT2D eigenvalue weighted by Gasteiger charge is -2.47. The molecule has 1 heterocycles. The Morgan fingerprint density at radius 2 is 1.75 bits per heavy atom. The summed E-state index contributed by atoms with van der Waals surface area (Å²) in [5.74, 6) is 2.17. The fraction of sp³-hybridized carbons (Fsp3) is 0.545. The lowest BCUT2D eigenvalue weighted by molar-refractivity contribution is 0.0846. The first-order valence-corrected chi connectivity index (χ1v) is 10.6. The molecule has 5 nitrogen and oxygen atoms in total. The van der Waals surface area contributed by atoms with E-state index in [1.54, 1.807) is 14.2 Å². The third-order valence-electron chi connectivity index (χ3n) is 5.66. The molecule has 1 aromatic rings. The van der Waals surface area contributed by atoms with Gasteiger partial charge in [-0.2, -0.15) is 0 Å². The van der Waals surface area contributed by atoms with Gasteiger partial charge in [-0.3, -0.25) is 4.52 Å². The Hall–Kier alpha value is -1.55. The van der Waals surface area contributed by atoms with Crippen LogP contribution in [0.5, 0.6) is 11.5 Å². The zero-order valence-corrected chi connectivity index (χ0v) is 18.9. The number of hydrogen-bond acceptors (Lipinski definition) is 5. The standard InChI is InChI=1S/C22H31O5P/c1-20(2,3)16-11-15(25-8)12-17-19(16)27-28(23)26-18-10-9-14(24-7)13-22(17,18)21(4,5)6/h9-13,18,23H,1-8H3.